The number of nitro groups is 1. The molecule has 0 radical (unpaired) electrons. The third-order valence-corrected chi connectivity index (χ3v) is 5.62. The van der Waals surface area contributed by atoms with Crippen LogP contribution in [0.15, 0.2) is 29.3 Å². The van der Waals surface area contributed by atoms with Gasteiger partial charge >= 0.3 is 6.03 Å². The molecule has 2 aliphatic rings. The molecule has 2 atom stereocenters. The summed E-state index contributed by atoms with van der Waals surface area (Å²) in [6.45, 7) is 4.56. The van der Waals surface area contributed by atoms with Crippen molar-refractivity contribution in [2.24, 2.45) is 10.9 Å². The first kappa shape index (κ1) is 20.8. The molecular formula is C18H21N5O5S. The predicted molar refractivity (Wildman–Crippen MR) is 108 cm³/mol. The summed E-state index contributed by atoms with van der Waals surface area (Å²) in [6, 6.07) is 4.28. The van der Waals surface area contributed by atoms with Crippen molar-refractivity contribution in [1.29, 1.82) is 0 Å². The second kappa shape index (κ2) is 8.19. The fraction of sp³-hybridized carbons (Fsp3) is 0.444. The Kier molecular flexibility index (Phi) is 5.87. The molecule has 2 aliphatic heterocycles. The van der Waals surface area contributed by atoms with Crippen LogP contribution in [0, 0.1) is 16.0 Å². The van der Waals surface area contributed by atoms with Gasteiger partial charge in [0.25, 0.3) is 11.6 Å². The fourth-order valence-electron chi connectivity index (χ4n) is 3.19. The summed E-state index contributed by atoms with van der Waals surface area (Å²) < 4.78 is 0. The number of imide groups is 1. The maximum atomic E-state index is 12.5. The topological polar surface area (TPSA) is 125 Å². The van der Waals surface area contributed by atoms with Crippen molar-refractivity contribution in [3.8, 4) is 0 Å². The molecule has 29 heavy (non-hydrogen) atoms. The number of carbonyl (C=O) groups is 3. The van der Waals surface area contributed by atoms with Crippen LogP contribution in [0.3, 0.4) is 0 Å². The van der Waals surface area contributed by atoms with Crippen molar-refractivity contribution in [3.05, 3.63) is 39.9 Å². The number of nitrogens with zero attached hydrogens (tertiary/aromatic N) is 4. The number of nitro benzene ring substituents is 1. The molecule has 11 heteroatoms. The van der Waals surface area contributed by atoms with Gasteiger partial charge < -0.3 is 9.80 Å². The molecule has 1 N–H and O–H groups in total. The molecule has 2 heterocycles. The van der Waals surface area contributed by atoms with E-state index in [9.17, 15) is 24.5 Å². The van der Waals surface area contributed by atoms with Crippen molar-refractivity contribution in [1.82, 2.24) is 15.1 Å². The van der Waals surface area contributed by atoms with Gasteiger partial charge in [-0.3, -0.25) is 25.0 Å². The molecule has 3 amide bonds. The predicted octanol–water partition coefficient (Wildman–Crippen LogP) is 1.71. The Morgan fingerprint density at radius 1 is 1.31 bits per heavy atom. The Bertz CT molecular complexity index is 885. The Balaban J connectivity index is 1.75. The largest absolute Gasteiger partial charge is 0.335 e. The third-order valence-electron chi connectivity index (χ3n) is 4.62. The highest BCUT2D eigenvalue weighted by Gasteiger charge is 2.48. The van der Waals surface area contributed by atoms with E-state index in [4.69, 9.17) is 0 Å². The molecule has 3 rings (SSSR count). The monoisotopic (exact) mass is 419 g/mol. The molecule has 1 fully saturated rings. The Morgan fingerprint density at radius 2 is 1.97 bits per heavy atom. The van der Waals surface area contributed by atoms with Crippen molar-refractivity contribution in [3.63, 3.8) is 0 Å². The van der Waals surface area contributed by atoms with E-state index in [-0.39, 0.29) is 23.1 Å². The van der Waals surface area contributed by atoms with E-state index < -0.39 is 29.1 Å². The fourth-order valence-corrected chi connectivity index (χ4v) is 4.15. The maximum Gasteiger partial charge on any atom is 0.325 e. The minimum Gasteiger partial charge on any atom is -0.335 e. The molecule has 10 nitrogen and oxygen atoms in total. The molecular weight excluding hydrogens is 398 g/mol. The van der Waals surface area contributed by atoms with Crippen LogP contribution in [-0.2, 0) is 4.79 Å². The van der Waals surface area contributed by atoms with Gasteiger partial charge in [-0.15, -0.1) is 0 Å². The molecule has 0 aliphatic carbocycles. The number of likely N-dealkylation sites (N-methyl/N-ethyl adjacent to an activating group) is 1. The summed E-state index contributed by atoms with van der Waals surface area (Å²) in [4.78, 5) is 54.8. The number of non-ortho nitro benzene ring substituents is 1. The van der Waals surface area contributed by atoms with Crippen molar-refractivity contribution < 1.29 is 19.3 Å². The number of amides is 3. The smallest absolute Gasteiger partial charge is 0.325 e. The summed E-state index contributed by atoms with van der Waals surface area (Å²) in [6.07, 6.45) is -0.632. The SMILES string of the molecule is CC(C)CN1C(SCC(=O)c2ccc([N+](=O)[O-])cc2)=NC2C1C(=O)NC(=O)N2C. The second-order valence-corrected chi connectivity index (χ2v) is 8.18. The van der Waals surface area contributed by atoms with Gasteiger partial charge in [0.05, 0.1) is 10.7 Å². The van der Waals surface area contributed by atoms with Crippen molar-refractivity contribution in [2.75, 3.05) is 19.3 Å². The van der Waals surface area contributed by atoms with Crippen molar-refractivity contribution in [2.45, 2.75) is 26.1 Å². The number of fused-ring (bicyclic) bond motifs is 1. The average Bonchev–Trinajstić information content (AvgIpc) is 3.02. The molecule has 1 aromatic rings. The molecule has 1 saturated heterocycles. The normalized spacial score (nSPS) is 21.2. The van der Waals surface area contributed by atoms with Crippen LogP contribution < -0.4 is 5.32 Å². The molecule has 154 valence electrons. The summed E-state index contributed by atoms with van der Waals surface area (Å²) in [7, 11) is 1.58. The molecule has 0 spiro atoms. The first-order chi connectivity index (χ1) is 13.7. The van der Waals surface area contributed by atoms with Crippen LogP contribution in [0.25, 0.3) is 0 Å². The molecule has 0 saturated carbocycles. The zero-order chi connectivity index (χ0) is 21.3. The first-order valence-electron chi connectivity index (χ1n) is 9.01. The Hall–Kier alpha value is -2.95. The van der Waals surface area contributed by atoms with E-state index in [0.717, 1.165) is 0 Å². The lowest BCUT2D eigenvalue weighted by Gasteiger charge is -2.36. The summed E-state index contributed by atoms with van der Waals surface area (Å²) in [5.41, 5.74) is 0.278. The Morgan fingerprint density at radius 3 is 2.55 bits per heavy atom. The minimum atomic E-state index is -0.632. The van der Waals surface area contributed by atoms with Gasteiger partial charge in [-0.05, 0) is 18.1 Å². The number of benzene rings is 1. The minimum absolute atomic E-state index is 0.0595. The molecule has 0 bridgehead atoms. The summed E-state index contributed by atoms with van der Waals surface area (Å²) in [5, 5.41) is 13.6. The lowest BCUT2D eigenvalue weighted by molar-refractivity contribution is -0.384. The van der Waals surface area contributed by atoms with Crippen LogP contribution in [0.5, 0.6) is 0 Å². The zero-order valence-electron chi connectivity index (χ0n) is 16.2. The third kappa shape index (κ3) is 4.24. The number of urea groups is 1. The average molecular weight is 419 g/mol. The van der Waals surface area contributed by atoms with Crippen molar-refractivity contribution >= 4 is 40.3 Å². The quantitative estimate of drug-likeness (QED) is 0.423. The number of rotatable bonds is 6. The van der Waals surface area contributed by atoms with E-state index in [0.29, 0.717) is 17.3 Å². The summed E-state index contributed by atoms with van der Waals surface area (Å²) in [5.74, 6) is -0.314. The molecule has 0 aromatic heterocycles. The number of hydrogen-bond donors (Lipinski definition) is 1. The van der Waals surface area contributed by atoms with Gasteiger partial charge in [-0.2, -0.15) is 0 Å². The standard InChI is InChI=1S/C18H21N5O5S/c1-10(2)8-22-14-15(21(3)17(26)20-16(14)25)19-18(22)29-9-13(24)11-4-6-12(7-5-11)23(27)28/h4-7,10,14-15H,8-9H2,1-3H3,(H,20,25,26). The number of thioether (sulfide) groups is 1. The highest BCUT2D eigenvalue weighted by molar-refractivity contribution is 8.14. The maximum absolute atomic E-state index is 12.5. The highest BCUT2D eigenvalue weighted by Crippen LogP contribution is 2.29. The number of carbonyl (C=O) groups excluding carboxylic acids is 3. The lowest BCUT2D eigenvalue weighted by Crippen LogP contribution is -2.63. The van der Waals surface area contributed by atoms with Gasteiger partial charge in [-0.1, -0.05) is 25.6 Å². The van der Waals surface area contributed by atoms with Gasteiger partial charge in [0.1, 0.15) is 0 Å². The number of amidine groups is 1. The molecule has 1 aromatic carbocycles. The Labute approximate surface area is 171 Å². The summed E-state index contributed by atoms with van der Waals surface area (Å²) >= 11 is 1.19. The van der Waals surface area contributed by atoms with Gasteiger partial charge in [-0.25, -0.2) is 9.79 Å². The lowest BCUT2D eigenvalue weighted by atomic mass is 10.1. The van der Waals surface area contributed by atoms with Gasteiger partial charge in [0.15, 0.2) is 23.2 Å². The van der Waals surface area contributed by atoms with E-state index >= 15 is 0 Å². The van der Waals surface area contributed by atoms with Crippen LogP contribution in [-0.4, -0.2) is 69.2 Å². The number of aliphatic imine (C=N–C) groups is 1. The first-order valence-corrected chi connectivity index (χ1v) is 10.00. The number of hydrogen-bond acceptors (Lipinski definition) is 8. The van der Waals surface area contributed by atoms with E-state index in [2.05, 4.69) is 10.3 Å². The van der Waals surface area contributed by atoms with E-state index in [1.54, 1.807) is 7.05 Å². The second-order valence-electron chi connectivity index (χ2n) is 7.24. The van der Waals surface area contributed by atoms with Crippen LogP contribution in [0.2, 0.25) is 0 Å². The number of nitrogens with one attached hydrogen (secondary N) is 1. The van der Waals surface area contributed by atoms with Gasteiger partial charge in [0, 0.05) is 31.3 Å². The van der Waals surface area contributed by atoms with E-state index in [1.165, 1.54) is 40.9 Å². The molecule has 2 unspecified atom stereocenters. The van der Waals surface area contributed by atoms with Crippen LogP contribution in [0.4, 0.5) is 10.5 Å². The van der Waals surface area contributed by atoms with Crippen LogP contribution in [0.1, 0.15) is 24.2 Å². The number of Topliss-reactive ketones (excluding diaryl/α,β-unsaturated/α-hetero) is 1. The number of ketones is 1. The van der Waals surface area contributed by atoms with E-state index in [1.807, 2.05) is 18.7 Å². The highest BCUT2D eigenvalue weighted by atomic mass is 32.2. The van der Waals surface area contributed by atoms with Gasteiger partial charge in [0.2, 0.25) is 0 Å². The van der Waals surface area contributed by atoms with Crippen LogP contribution >= 0.6 is 11.8 Å². The zero-order valence-corrected chi connectivity index (χ0v) is 17.0.